The predicted octanol–water partition coefficient (Wildman–Crippen LogP) is 1.10. The van der Waals surface area contributed by atoms with E-state index in [9.17, 15) is 4.79 Å². The Morgan fingerprint density at radius 3 is 2.64 bits per heavy atom. The van der Waals surface area contributed by atoms with Crippen LogP contribution in [0.25, 0.3) is 0 Å². The number of hydrogen-bond acceptors (Lipinski definition) is 3. The van der Waals surface area contributed by atoms with Crippen LogP contribution in [0.1, 0.15) is 6.42 Å². The molecule has 0 aliphatic heterocycles. The van der Waals surface area contributed by atoms with Gasteiger partial charge in [0.05, 0.1) is 13.0 Å². The van der Waals surface area contributed by atoms with Crippen molar-refractivity contribution in [3.8, 4) is 5.75 Å². The Morgan fingerprint density at radius 2 is 2.07 bits per heavy atom. The second kappa shape index (κ2) is 5.47. The molecular formula is C9H11ClN2O2. The van der Waals surface area contributed by atoms with E-state index in [1.54, 1.807) is 24.3 Å². The molecule has 0 unspecified atom stereocenters. The largest absolute Gasteiger partial charge is 0.493 e. The molecule has 0 heterocycles. The first-order valence-corrected chi connectivity index (χ1v) is 4.48. The van der Waals surface area contributed by atoms with E-state index in [2.05, 4.69) is 0 Å². The Morgan fingerprint density at radius 1 is 1.43 bits per heavy atom. The summed E-state index contributed by atoms with van der Waals surface area (Å²) in [6.45, 7) is 0.296. The van der Waals surface area contributed by atoms with Crippen LogP contribution in [0.15, 0.2) is 24.3 Å². The van der Waals surface area contributed by atoms with Crippen LogP contribution in [0.2, 0.25) is 5.02 Å². The molecule has 1 aromatic rings. The highest BCUT2D eigenvalue weighted by Crippen LogP contribution is 2.15. The Balaban J connectivity index is 2.31. The molecule has 3 N–H and O–H groups in total. The quantitative estimate of drug-likeness (QED) is 0.448. The number of hydrogen-bond donors (Lipinski definition) is 2. The normalized spacial score (nSPS) is 9.57. The van der Waals surface area contributed by atoms with Crippen LogP contribution in [-0.4, -0.2) is 12.5 Å². The Labute approximate surface area is 87.0 Å². The summed E-state index contributed by atoms with van der Waals surface area (Å²) in [6.07, 6.45) is 0.235. The second-order valence-corrected chi connectivity index (χ2v) is 3.06. The minimum atomic E-state index is -0.251. The van der Waals surface area contributed by atoms with Crippen LogP contribution < -0.4 is 16.0 Å². The van der Waals surface area contributed by atoms with E-state index in [4.69, 9.17) is 22.2 Å². The average Bonchev–Trinajstić information content (AvgIpc) is 2.21. The first-order chi connectivity index (χ1) is 6.72. The fourth-order valence-corrected chi connectivity index (χ4v) is 0.991. The molecule has 0 fully saturated rings. The fraction of sp³-hybridized carbons (Fsp3) is 0.222. The number of halogens is 1. The van der Waals surface area contributed by atoms with Crippen LogP contribution in [0.3, 0.4) is 0 Å². The highest BCUT2D eigenvalue weighted by Gasteiger charge is 1.98. The molecule has 1 amide bonds. The van der Waals surface area contributed by atoms with Crippen LogP contribution in [0.5, 0.6) is 5.75 Å². The summed E-state index contributed by atoms with van der Waals surface area (Å²) in [5.74, 6) is 5.33. The lowest BCUT2D eigenvalue weighted by Gasteiger charge is -2.04. The van der Waals surface area contributed by atoms with E-state index in [0.29, 0.717) is 17.4 Å². The summed E-state index contributed by atoms with van der Waals surface area (Å²) in [7, 11) is 0. The maximum atomic E-state index is 10.7. The topological polar surface area (TPSA) is 64.3 Å². The summed E-state index contributed by atoms with van der Waals surface area (Å²) in [4.78, 5) is 10.7. The van der Waals surface area contributed by atoms with E-state index in [1.165, 1.54) is 0 Å². The van der Waals surface area contributed by atoms with Gasteiger partial charge in [-0.05, 0) is 24.3 Å². The lowest BCUT2D eigenvalue weighted by Crippen LogP contribution is -2.31. The summed E-state index contributed by atoms with van der Waals surface area (Å²) >= 11 is 5.68. The van der Waals surface area contributed by atoms with Crippen molar-refractivity contribution in [1.82, 2.24) is 5.43 Å². The minimum Gasteiger partial charge on any atom is -0.493 e. The highest BCUT2D eigenvalue weighted by atomic mass is 35.5. The summed E-state index contributed by atoms with van der Waals surface area (Å²) < 4.78 is 5.26. The molecule has 1 aromatic carbocycles. The monoisotopic (exact) mass is 214 g/mol. The molecule has 5 heteroatoms. The van der Waals surface area contributed by atoms with Gasteiger partial charge in [0.2, 0.25) is 5.91 Å². The molecule has 0 atom stereocenters. The molecule has 1 rings (SSSR count). The summed E-state index contributed by atoms with van der Waals surface area (Å²) in [5, 5.41) is 0.650. The van der Waals surface area contributed by atoms with Crippen molar-refractivity contribution in [1.29, 1.82) is 0 Å². The second-order valence-electron chi connectivity index (χ2n) is 2.62. The summed E-state index contributed by atoms with van der Waals surface area (Å²) in [6, 6.07) is 6.92. The third kappa shape index (κ3) is 3.64. The molecule has 0 aliphatic carbocycles. The van der Waals surface area contributed by atoms with Crippen LogP contribution in [0, 0.1) is 0 Å². The lowest BCUT2D eigenvalue weighted by atomic mass is 10.3. The lowest BCUT2D eigenvalue weighted by molar-refractivity contribution is -0.121. The van der Waals surface area contributed by atoms with Gasteiger partial charge in [-0.2, -0.15) is 0 Å². The van der Waals surface area contributed by atoms with Crippen molar-refractivity contribution in [2.45, 2.75) is 6.42 Å². The van der Waals surface area contributed by atoms with Gasteiger partial charge < -0.3 is 4.74 Å². The predicted molar refractivity (Wildman–Crippen MR) is 53.9 cm³/mol. The molecule has 4 nitrogen and oxygen atoms in total. The maximum absolute atomic E-state index is 10.7. The van der Waals surface area contributed by atoms with Gasteiger partial charge >= 0.3 is 0 Å². The van der Waals surface area contributed by atoms with Gasteiger partial charge in [0.1, 0.15) is 5.75 Å². The number of amides is 1. The van der Waals surface area contributed by atoms with E-state index in [1.807, 2.05) is 5.43 Å². The Kier molecular flexibility index (Phi) is 4.22. The van der Waals surface area contributed by atoms with E-state index in [0.717, 1.165) is 0 Å². The van der Waals surface area contributed by atoms with Crippen molar-refractivity contribution >= 4 is 17.5 Å². The number of carbonyl (C=O) groups excluding carboxylic acids is 1. The highest BCUT2D eigenvalue weighted by molar-refractivity contribution is 6.30. The Bertz CT molecular complexity index is 300. The number of nitrogens with two attached hydrogens (primary N) is 1. The molecule has 0 spiro atoms. The Hall–Kier alpha value is -1.26. The van der Waals surface area contributed by atoms with Gasteiger partial charge in [0, 0.05) is 5.02 Å². The van der Waals surface area contributed by atoms with Gasteiger partial charge in [-0.1, -0.05) is 11.6 Å². The number of nitrogens with one attached hydrogen (secondary N) is 1. The standard InChI is InChI=1S/C9H11ClN2O2/c10-7-1-3-8(4-2-7)14-6-5-9(13)12-11/h1-4H,5-6,11H2,(H,12,13). The van der Waals surface area contributed by atoms with Crippen molar-refractivity contribution in [3.05, 3.63) is 29.3 Å². The molecule has 0 aliphatic rings. The van der Waals surface area contributed by atoms with Crippen molar-refractivity contribution in [2.75, 3.05) is 6.61 Å². The van der Waals surface area contributed by atoms with Crippen LogP contribution in [0.4, 0.5) is 0 Å². The third-order valence-corrected chi connectivity index (χ3v) is 1.82. The zero-order chi connectivity index (χ0) is 10.4. The van der Waals surface area contributed by atoms with Gasteiger partial charge in [-0.25, -0.2) is 5.84 Å². The zero-order valence-corrected chi connectivity index (χ0v) is 8.25. The fourth-order valence-electron chi connectivity index (χ4n) is 0.865. The molecule has 0 radical (unpaired) electrons. The van der Waals surface area contributed by atoms with Gasteiger partial charge in [-0.15, -0.1) is 0 Å². The van der Waals surface area contributed by atoms with Crippen LogP contribution >= 0.6 is 11.6 Å². The molecule has 0 saturated heterocycles. The molecule has 0 aromatic heterocycles. The molecule has 14 heavy (non-hydrogen) atoms. The molecular weight excluding hydrogens is 204 g/mol. The van der Waals surface area contributed by atoms with Gasteiger partial charge in [-0.3, -0.25) is 10.2 Å². The summed E-state index contributed by atoms with van der Waals surface area (Å²) in [5.41, 5.74) is 2.02. The SMILES string of the molecule is NNC(=O)CCOc1ccc(Cl)cc1. The zero-order valence-electron chi connectivity index (χ0n) is 7.50. The molecule has 0 saturated carbocycles. The van der Waals surface area contributed by atoms with Crippen molar-refractivity contribution in [2.24, 2.45) is 5.84 Å². The van der Waals surface area contributed by atoms with Gasteiger partial charge in [0.15, 0.2) is 0 Å². The van der Waals surface area contributed by atoms with Gasteiger partial charge in [0.25, 0.3) is 0 Å². The number of hydrazine groups is 1. The van der Waals surface area contributed by atoms with Crippen molar-refractivity contribution < 1.29 is 9.53 Å². The number of ether oxygens (including phenoxy) is 1. The third-order valence-electron chi connectivity index (χ3n) is 1.57. The number of benzene rings is 1. The molecule has 0 bridgehead atoms. The van der Waals surface area contributed by atoms with Crippen molar-refractivity contribution in [3.63, 3.8) is 0 Å². The number of carbonyl (C=O) groups is 1. The van der Waals surface area contributed by atoms with E-state index < -0.39 is 0 Å². The average molecular weight is 215 g/mol. The van der Waals surface area contributed by atoms with Crippen LogP contribution in [-0.2, 0) is 4.79 Å². The number of rotatable bonds is 4. The first kappa shape index (κ1) is 10.8. The van der Waals surface area contributed by atoms with E-state index in [-0.39, 0.29) is 12.3 Å². The smallest absolute Gasteiger partial charge is 0.237 e. The van der Waals surface area contributed by atoms with E-state index >= 15 is 0 Å². The molecule has 76 valence electrons. The minimum absolute atomic E-state index is 0.235. The maximum Gasteiger partial charge on any atom is 0.237 e. The first-order valence-electron chi connectivity index (χ1n) is 4.10.